The molecular formula is C31H46N10O7. The number of carbonyl (C=O) groups excluding carboxylic acids is 2. The zero-order chi connectivity index (χ0) is 34.0. The lowest BCUT2D eigenvalue weighted by Gasteiger charge is -2.08. The minimum Gasteiger partial charge on any atom is -0.424 e. The van der Waals surface area contributed by atoms with E-state index >= 15 is 0 Å². The van der Waals surface area contributed by atoms with Gasteiger partial charge in [-0.25, -0.2) is 14.6 Å². The Balaban J connectivity index is 1.04. The van der Waals surface area contributed by atoms with E-state index < -0.39 is 0 Å². The number of nitrogens with two attached hydrogens (primary N) is 3. The molecule has 0 saturated heterocycles. The van der Waals surface area contributed by atoms with Gasteiger partial charge in [0.1, 0.15) is 23.4 Å². The van der Waals surface area contributed by atoms with E-state index in [2.05, 4.69) is 25.6 Å². The Morgan fingerprint density at radius 3 is 2.19 bits per heavy atom. The number of amides is 2. The van der Waals surface area contributed by atoms with E-state index in [0.29, 0.717) is 119 Å². The van der Waals surface area contributed by atoms with Crippen LogP contribution in [0.3, 0.4) is 0 Å². The molecule has 0 unspecified atom stereocenters. The first-order chi connectivity index (χ1) is 23.5. The van der Waals surface area contributed by atoms with E-state index in [1.165, 1.54) is 6.33 Å². The molecule has 1 aromatic carbocycles. The summed E-state index contributed by atoms with van der Waals surface area (Å²) in [6, 6.07) is 5.58. The molecule has 4 rings (SSSR count). The van der Waals surface area contributed by atoms with Crippen molar-refractivity contribution in [3.05, 3.63) is 24.5 Å². The van der Waals surface area contributed by atoms with E-state index in [9.17, 15) is 9.59 Å². The minimum absolute atomic E-state index is 0.0901. The van der Waals surface area contributed by atoms with Crippen molar-refractivity contribution in [2.75, 3.05) is 84.0 Å². The largest absolute Gasteiger partial charge is 0.424 e. The molecule has 262 valence electrons. The predicted molar refractivity (Wildman–Crippen MR) is 179 cm³/mol. The van der Waals surface area contributed by atoms with Gasteiger partial charge in [0.25, 0.3) is 6.01 Å². The highest BCUT2D eigenvalue weighted by Gasteiger charge is 2.18. The van der Waals surface area contributed by atoms with E-state index in [1.807, 2.05) is 12.1 Å². The van der Waals surface area contributed by atoms with Gasteiger partial charge >= 0.3 is 0 Å². The van der Waals surface area contributed by atoms with Crippen LogP contribution >= 0.6 is 0 Å². The number of anilines is 2. The van der Waals surface area contributed by atoms with Crippen LogP contribution in [0.4, 0.5) is 11.8 Å². The number of nitrogens with zero attached hydrogens (tertiary/aromatic N) is 5. The molecule has 0 bridgehead atoms. The van der Waals surface area contributed by atoms with Crippen LogP contribution in [0.25, 0.3) is 33.4 Å². The Bertz CT molecular complexity index is 1580. The molecule has 3 heterocycles. The van der Waals surface area contributed by atoms with E-state index in [-0.39, 0.29) is 30.7 Å². The molecule has 0 aliphatic heterocycles. The zero-order valence-electron chi connectivity index (χ0n) is 27.2. The third-order valence-corrected chi connectivity index (χ3v) is 7.11. The van der Waals surface area contributed by atoms with Crippen molar-refractivity contribution in [2.24, 2.45) is 5.73 Å². The molecule has 0 aliphatic rings. The molecule has 17 nitrogen and oxygen atoms in total. The second-order valence-corrected chi connectivity index (χ2v) is 10.8. The second-order valence-electron chi connectivity index (χ2n) is 10.8. The predicted octanol–water partition coefficient (Wildman–Crippen LogP) is 1.01. The number of nitrogens with one attached hydrogen (secondary N) is 2. The van der Waals surface area contributed by atoms with E-state index in [1.54, 1.807) is 10.7 Å². The number of rotatable bonds is 24. The van der Waals surface area contributed by atoms with Crippen molar-refractivity contribution in [3.8, 4) is 11.3 Å². The fraction of sp³-hybridized carbons (Fsp3) is 0.548. The van der Waals surface area contributed by atoms with Gasteiger partial charge in [-0.3, -0.25) is 9.59 Å². The van der Waals surface area contributed by atoms with Crippen molar-refractivity contribution in [2.45, 2.75) is 38.6 Å². The maximum Gasteiger partial charge on any atom is 0.292 e. The highest BCUT2D eigenvalue weighted by atomic mass is 16.6. The van der Waals surface area contributed by atoms with Gasteiger partial charge in [0.15, 0.2) is 11.2 Å². The molecule has 0 saturated carbocycles. The molecule has 0 spiro atoms. The standard InChI is InChI=1S/C31H46N10O7/c32-8-12-44-14-16-46-18-19-47-17-15-45-13-10-36-26(43)5-3-4-25(42)35-9-1-2-11-41-30-27(29(33)37-21-38-30)28(40-41)22-6-7-24-23(20-22)39-31(34)48-24/h6-7,20-21H,1-5,8-19,32H2,(H2,34,39)(H,35,42)(H,36,43)(H2,33,37,38). The number of hydrogen-bond donors (Lipinski definition) is 5. The van der Waals surface area contributed by atoms with E-state index in [4.69, 9.17) is 45.7 Å². The van der Waals surface area contributed by atoms with Gasteiger partial charge in [-0.1, -0.05) is 0 Å². The van der Waals surface area contributed by atoms with Crippen molar-refractivity contribution < 1.29 is 33.0 Å². The van der Waals surface area contributed by atoms with Crippen LogP contribution in [0.15, 0.2) is 28.9 Å². The Morgan fingerprint density at radius 1 is 0.812 bits per heavy atom. The van der Waals surface area contributed by atoms with Gasteiger partial charge in [-0.05, 0) is 37.5 Å². The van der Waals surface area contributed by atoms with Crippen molar-refractivity contribution in [1.29, 1.82) is 0 Å². The first-order valence-electron chi connectivity index (χ1n) is 16.1. The lowest BCUT2D eigenvalue weighted by Crippen LogP contribution is -2.28. The summed E-state index contributed by atoms with van der Waals surface area (Å²) in [7, 11) is 0. The summed E-state index contributed by atoms with van der Waals surface area (Å²) in [5.41, 5.74) is 20.5. The molecule has 4 aromatic rings. The summed E-state index contributed by atoms with van der Waals surface area (Å²) >= 11 is 0. The van der Waals surface area contributed by atoms with Crippen LogP contribution < -0.4 is 27.8 Å². The molecule has 8 N–H and O–H groups in total. The fourth-order valence-corrected chi connectivity index (χ4v) is 4.79. The molecule has 3 aromatic heterocycles. The Hall–Kier alpha value is -4.42. The highest BCUT2D eigenvalue weighted by molar-refractivity contribution is 5.99. The maximum atomic E-state index is 12.3. The number of aryl methyl sites for hydroxylation is 1. The molecular weight excluding hydrogens is 624 g/mol. The summed E-state index contributed by atoms with van der Waals surface area (Å²) in [6.45, 7) is 5.75. The highest BCUT2D eigenvalue weighted by Crippen LogP contribution is 2.32. The summed E-state index contributed by atoms with van der Waals surface area (Å²) in [6.07, 6.45) is 3.90. The van der Waals surface area contributed by atoms with Crippen LogP contribution in [0, 0.1) is 0 Å². The number of nitrogen functional groups attached to an aromatic ring is 2. The Morgan fingerprint density at radius 2 is 1.48 bits per heavy atom. The van der Waals surface area contributed by atoms with Crippen molar-refractivity contribution in [3.63, 3.8) is 0 Å². The normalized spacial score (nSPS) is 11.4. The fourth-order valence-electron chi connectivity index (χ4n) is 4.79. The first kappa shape index (κ1) is 36.4. The summed E-state index contributed by atoms with van der Waals surface area (Å²) in [5, 5.41) is 11.1. The van der Waals surface area contributed by atoms with Crippen molar-refractivity contribution in [1.82, 2.24) is 35.4 Å². The topological polar surface area (TPSA) is 243 Å². The molecule has 2 amide bonds. The van der Waals surface area contributed by atoms with Crippen molar-refractivity contribution >= 4 is 45.8 Å². The molecule has 17 heteroatoms. The van der Waals surface area contributed by atoms with Gasteiger partial charge in [0.2, 0.25) is 11.8 Å². The number of aromatic nitrogens is 5. The lowest BCUT2D eigenvalue weighted by molar-refractivity contribution is -0.122. The van der Waals surface area contributed by atoms with Gasteiger partial charge in [0.05, 0.1) is 58.2 Å². The number of fused-ring (bicyclic) bond motifs is 2. The quantitative estimate of drug-likeness (QED) is 0.0654. The van der Waals surface area contributed by atoms with Gasteiger partial charge in [-0.15, -0.1) is 0 Å². The monoisotopic (exact) mass is 670 g/mol. The summed E-state index contributed by atoms with van der Waals surface area (Å²) in [5.74, 6) is 0.124. The average molecular weight is 671 g/mol. The SMILES string of the molecule is NCCOCCOCCOCCOCCNC(=O)CCCC(=O)NCCCCn1nc(-c2ccc3oc(N)nc3c2)c2c(N)ncnc21. The summed E-state index contributed by atoms with van der Waals surface area (Å²) < 4.78 is 28.6. The third-order valence-electron chi connectivity index (χ3n) is 7.11. The second kappa shape index (κ2) is 20.1. The molecule has 0 aliphatic carbocycles. The molecule has 0 radical (unpaired) electrons. The molecule has 0 fully saturated rings. The first-order valence-corrected chi connectivity index (χ1v) is 16.1. The Kier molecular flexibility index (Phi) is 15.2. The average Bonchev–Trinajstić information content (AvgIpc) is 3.64. The van der Waals surface area contributed by atoms with Crippen LogP contribution in [0.2, 0.25) is 0 Å². The van der Waals surface area contributed by atoms with Crippen LogP contribution in [-0.4, -0.2) is 109 Å². The zero-order valence-corrected chi connectivity index (χ0v) is 27.2. The number of carbonyl (C=O) groups is 2. The maximum absolute atomic E-state index is 12.3. The number of ether oxygens (including phenoxy) is 4. The molecule has 48 heavy (non-hydrogen) atoms. The van der Waals surface area contributed by atoms with Gasteiger partial charge in [0, 0.05) is 44.6 Å². The Labute approximate surface area is 278 Å². The number of unbranched alkanes of at least 4 members (excludes halogenated alkanes) is 1. The van der Waals surface area contributed by atoms with E-state index in [0.717, 1.165) is 18.4 Å². The van der Waals surface area contributed by atoms with Crippen LogP contribution in [0.1, 0.15) is 32.1 Å². The minimum atomic E-state index is -0.115. The number of oxazole rings is 1. The lowest BCUT2D eigenvalue weighted by atomic mass is 10.1. The van der Waals surface area contributed by atoms with Crippen LogP contribution in [0.5, 0.6) is 0 Å². The van der Waals surface area contributed by atoms with Crippen LogP contribution in [-0.2, 0) is 35.1 Å². The smallest absolute Gasteiger partial charge is 0.292 e. The molecule has 0 atom stereocenters. The summed E-state index contributed by atoms with van der Waals surface area (Å²) in [4.78, 5) is 37.1. The van der Waals surface area contributed by atoms with Gasteiger partial charge in [-0.2, -0.15) is 10.1 Å². The van der Waals surface area contributed by atoms with Gasteiger partial charge < -0.3 is 51.2 Å². The number of benzene rings is 1. The third kappa shape index (κ3) is 11.7. The number of hydrogen-bond acceptors (Lipinski definition) is 14.